The Balaban J connectivity index is 1.18. The number of aromatic nitrogens is 2. The molecule has 0 spiro atoms. The summed E-state index contributed by atoms with van der Waals surface area (Å²) in [5.41, 5.74) is 5.00. The Morgan fingerprint density at radius 1 is 1.00 bits per heavy atom. The third-order valence-corrected chi connectivity index (χ3v) is 7.42. The quantitative estimate of drug-likeness (QED) is 0.306. The van der Waals surface area contributed by atoms with Gasteiger partial charge in [-0.15, -0.1) is 0 Å². The van der Waals surface area contributed by atoms with Crippen LogP contribution >= 0.6 is 0 Å². The topological polar surface area (TPSA) is 62.4 Å². The Morgan fingerprint density at radius 2 is 1.73 bits per heavy atom. The Kier molecular flexibility index (Phi) is 7.06. The van der Waals surface area contributed by atoms with Gasteiger partial charge in [-0.2, -0.15) is 0 Å². The number of anilines is 1. The number of pyridine rings is 1. The van der Waals surface area contributed by atoms with Crippen LogP contribution in [-0.4, -0.2) is 60.4 Å². The van der Waals surface area contributed by atoms with Gasteiger partial charge < -0.3 is 19.8 Å². The second-order valence-electron chi connectivity index (χ2n) is 9.96. The van der Waals surface area contributed by atoms with Gasteiger partial charge in [0.25, 0.3) is 0 Å². The number of fused-ring (bicyclic) bond motifs is 1. The van der Waals surface area contributed by atoms with Crippen LogP contribution in [0.2, 0.25) is 0 Å². The average molecular weight is 501 g/mol. The summed E-state index contributed by atoms with van der Waals surface area (Å²) in [6, 6.07) is 18.4. The first-order valence-corrected chi connectivity index (χ1v) is 13.3. The minimum absolute atomic E-state index is 0.329. The molecule has 0 unspecified atom stereocenters. The maximum absolute atomic E-state index is 15.0. The number of rotatable bonds is 8. The molecule has 2 N–H and O–H groups in total. The fraction of sp³-hybridized carbons (Fsp3) is 0.367. The molecule has 0 amide bonds. The first-order valence-electron chi connectivity index (χ1n) is 13.3. The molecule has 2 aromatic carbocycles. The number of H-pyrrole nitrogens is 1. The van der Waals surface area contributed by atoms with Gasteiger partial charge in [0.05, 0.1) is 6.20 Å². The predicted molar refractivity (Wildman–Crippen MR) is 146 cm³/mol. The molecule has 2 aromatic heterocycles. The highest BCUT2D eigenvalue weighted by atomic mass is 19.1. The van der Waals surface area contributed by atoms with Gasteiger partial charge >= 0.3 is 0 Å². The van der Waals surface area contributed by atoms with Crippen LogP contribution in [0.25, 0.3) is 33.4 Å². The molecule has 2 fully saturated rings. The molecular formula is C30H33FN4O2. The molecule has 4 aromatic rings. The second kappa shape index (κ2) is 10.9. The first-order chi connectivity index (χ1) is 18.2. The molecule has 4 heterocycles. The number of ether oxygens (including phenoxy) is 2. The zero-order valence-corrected chi connectivity index (χ0v) is 21.0. The first kappa shape index (κ1) is 23.9. The van der Waals surface area contributed by atoms with Crippen LogP contribution < -0.4 is 10.1 Å². The zero-order valence-electron chi connectivity index (χ0n) is 21.0. The van der Waals surface area contributed by atoms with E-state index in [0.29, 0.717) is 23.9 Å². The third-order valence-electron chi connectivity index (χ3n) is 7.42. The fourth-order valence-corrected chi connectivity index (χ4v) is 5.34. The monoisotopic (exact) mass is 500 g/mol. The molecule has 2 aliphatic heterocycles. The van der Waals surface area contributed by atoms with Crippen molar-refractivity contribution in [1.29, 1.82) is 0 Å². The van der Waals surface area contributed by atoms with Crippen LogP contribution in [0.3, 0.4) is 0 Å². The van der Waals surface area contributed by atoms with Crippen molar-refractivity contribution in [2.45, 2.75) is 31.7 Å². The number of hydrogen-bond donors (Lipinski definition) is 2. The van der Waals surface area contributed by atoms with E-state index in [1.165, 1.54) is 32.1 Å². The zero-order chi connectivity index (χ0) is 25.0. The van der Waals surface area contributed by atoms with Crippen molar-refractivity contribution in [2.24, 2.45) is 0 Å². The van der Waals surface area contributed by atoms with Crippen LogP contribution in [-0.2, 0) is 4.74 Å². The number of nitrogens with zero attached hydrogens (tertiary/aromatic N) is 2. The van der Waals surface area contributed by atoms with E-state index in [1.807, 2.05) is 54.6 Å². The van der Waals surface area contributed by atoms with Crippen molar-refractivity contribution in [3.05, 3.63) is 66.6 Å². The molecule has 0 bridgehead atoms. The molecule has 37 heavy (non-hydrogen) atoms. The van der Waals surface area contributed by atoms with Gasteiger partial charge in [0.15, 0.2) is 0 Å². The second-order valence-corrected chi connectivity index (χ2v) is 9.96. The van der Waals surface area contributed by atoms with Crippen molar-refractivity contribution < 1.29 is 13.9 Å². The van der Waals surface area contributed by atoms with Gasteiger partial charge in [0, 0.05) is 48.1 Å². The summed E-state index contributed by atoms with van der Waals surface area (Å²) in [5, 5.41) is 4.33. The van der Waals surface area contributed by atoms with E-state index < -0.39 is 0 Å². The molecule has 6 rings (SSSR count). The van der Waals surface area contributed by atoms with Gasteiger partial charge in [-0.3, -0.25) is 4.90 Å². The number of halogens is 1. The molecule has 0 radical (unpaired) electrons. The molecule has 0 atom stereocenters. The molecule has 7 heteroatoms. The van der Waals surface area contributed by atoms with E-state index in [4.69, 9.17) is 9.47 Å². The highest BCUT2D eigenvalue weighted by Crippen LogP contribution is 2.34. The lowest BCUT2D eigenvalue weighted by molar-refractivity contribution is 0.0904. The van der Waals surface area contributed by atoms with E-state index in [2.05, 4.69) is 20.2 Å². The minimum Gasteiger partial charge on any atom is -0.492 e. The Morgan fingerprint density at radius 3 is 2.49 bits per heavy atom. The lowest BCUT2D eigenvalue weighted by Gasteiger charge is -2.24. The van der Waals surface area contributed by atoms with Crippen LogP contribution in [0.15, 0.2) is 60.8 Å². The standard InChI is InChI=1S/C30H33FN4O2/c31-27-20-32-30-26(29(27)22-3-7-23(8-4-22)33-24-11-16-36-17-12-24)19-28(34-30)21-5-9-25(10-6-21)37-18-15-35-13-1-2-14-35/h3-10,19-20,24,33H,1-2,11-18H2,(H,32,34). The highest BCUT2D eigenvalue weighted by Gasteiger charge is 2.17. The van der Waals surface area contributed by atoms with Gasteiger partial charge in [0.1, 0.15) is 23.8 Å². The SMILES string of the molecule is Fc1cnc2[nH]c(-c3ccc(OCCN4CCCC4)cc3)cc2c1-c1ccc(NC2CCOCC2)cc1. The number of likely N-dealkylation sites (tertiary alicyclic amines) is 1. The van der Waals surface area contributed by atoms with E-state index in [1.54, 1.807) is 0 Å². The summed E-state index contributed by atoms with van der Waals surface area (Å²) in [6.45, 7) is 5.60. The van der Waals surface area contributed by atoms with Crippen molar-refractivity contribution in [3.63, 3.8) is 0 Å². The molecule has 2 aliphatic rings. The van der Waals surface area contributed by atoms with Crippen molar-refractivity contribution in [3.8, 4) is 28.1 Å². The van der Waals surface area contributed by atoms with E-state index in [-0.39, 0.29) is 5.82 Å². The number of benzene rings is 2. The largest absolute Gasteiger partial charge is 0.492 e. The normalized spacial score (nSPS) is 16.9. The molecule has 0 saturated carbocycles. The average Bonchev–Trinajstić information content (AvgIpc) is 3.61. The van der Waals surface area contributed by atoms with Crippen LogP contribution in [0.4, 0.5) is 10.1 Å². The summed E-state index contributed by atoms with van der Waals surface area (Å²) in [5.74, 6) is 0.531. The number of hydrogen-bond acceptors (Lipinski definition) is 5. The fourth-order valence-electron chi connectivity index (χ4n) is 5.34. The van der Waals surface area contributed by atoms with Crippen LogP contribution in [0.5, 0.6) is 5.75 Å². The van der Waals surface area contributed by atoms with Gasteiger partial charge in [-0.05, 0) is 92.4 Å². The van der Waals surface area contributed by atoms with Crippen LogP contribution in [0, 0.1) is 5.82 Å². The van der Waals surface area contributed by atoms with Gasteiger partial charge in [0.2, 0.25) is 0 Å². The van der Waals surface area contributed by atoms with Crippen LogP contribution in [0.1, 0.15) is 25.7 Å². The summed E-state index contributed by atoms with van der Waals surface area (Å²) in [7, 11) is 0. The van der Waals surface area contributed by atoms with E-state index in [0.717, 1.165) is 66.2 Å². The summed E-state index contributed by atoms with van der Waals surface area (Å²) in [4.78, 5) is 10.1. The molecule has 2 saturated heterocycles. The smallest absolute Gasteiger partial charge is 0.150 e. The lowest BCUT2D eigenvalue weighted by Crippen LogP contribution is -2.27. The molecule has 6 nitrogen and oxygen atoms in total. The lowest BCUT2D eigenvalue weighted by atomic mass is 10.0. The Hall–Kier alpha value is -3.42. The predicted octanol–water partition coefficient (Wildman–Crippen LogP) is 6.10. The Labute approximate surface area is 216 Å². The third kappa shape index (κ3) is 5.48. The van der Waals surface area contributed by atoms with Crippen molar-refractivity contribution in [1.82, 2.24) is 14.9 Å². The maximum atomic E-state index is 15.0. The van der Waals surface area contributed by atoms with Crippen molar-refractivity contribution >= 4 is 16.7 Å². The van der Waals surface area contributed by atoms with E-state index >= 15 is 4.39 Å². The molecule has 192 valence electrons. The number of aromatic amines is 1. The van der Waals surface area contributed by atoms with Crippen molar-refractivity contribution in [2.75, 3.05) is 44.8 Å². The summed E-state index contributed by atoms with van der Waals surface area (Å²) < 4.78 is 26.4. The highest BCUT2D eigenvalue weighted by molar-refractivity contribution is 5.96. The minimum atomic E-state index is -0.329. The van der Waals surface area contributed by atoms with Gasteiger partial charge in [-0.1, -0.05) is 12.1 Å². The number of nitrogens with one attached hydrogen (secondary N) is 2. The maximum Gasteiger partial charge on any atom is 0.150 e. The summed E-state index contributed by atoms with van der Waals surface area (Å²) in [6.07, 6.45) is 5.87. The summed E-state index contributed by atoms with van der Waals surface area (Å²) >= 11 is 0. The molecule has 0 aliphatic carbocycles. The Bertz CT molecular complexity index is 1320. The molecular weight excluding hydrogens is 467 g/mol. The van der Waals surface area contributed by atoms with Gasteiger partial charge in [-0.25, -0.2) is 9.37 Å². The van der Waals surface area contributed by atoms with E-state index in [9.17, 15) is 0 Å².